The third kappa shape index (κ3) is 9.36. The minimum absolute atomic E-state index is 0.0478. The number of carbonyl (C=O) groups excluding carboxylic acids is 2. The Kier molecular flexibility index (Phi) is 11.8. The number of benzene rings is 3. The van der Waals surface area contributed by atoms with Gasteiger partial charge < -0.3 is 30.4 Å². The molecule has 0 spiro atoms. The molecule has 1 atom stereocenters. The number of aliphatic carboxylic acids is 1. The molecule has 10 nitrogen and oxygen atoms in total. The number of amides is 2. The van der Waals surface area contributed by atoms with Gasteiger partial charge in [-0.05, 0) is 60.4 Å². The molecule has 0 radical (unpaired) electrons. The number of nitrogens with zero attached hydrogens (tertiary/aromatic N) is 1. The number of alkyl halides is 3. The molecule has 2 aromatic heterocycles. The van der Waals surface area contributed by atoms with Gasteiger partial charge in [-0.3, -0.25) is 9.59 Å². The number of hydrogen-bond acceptors (Lipinski definition) is 5. The Morgan fingerprint density at radius 3 is 2.38 bits per heavy atom. The first-order chi connectivity index (χ1) is 22.9. The molecule has 0 saturated heterocycles. The van der Waals surface area contributed by atoms with Gasteiger partial charge in [0, 0.05) is 35.6 Å². The van der Waals surface area contributed by atoms with Crippen molar-refractivity contribution in [1.29, 1.82) is 0 Å². The smallest absolute Gasteiger partial charge is 0.490 e. The quantitative estimate of drug-likeness (QED) is 0.0931. The summed E-state index contributed by atoms with van der Waals surface area (Å²) in [5.41, 5.74) is 4.85. The van der Waals surface area contributed by atoms with Crippen molar-refractivity contribution >= 4 is 39.5 Å². The largest absolute Gasteiger partial charge is 0.497 e. The number of carbonyl (C=O) groups is 3. The number of halogens is 3. The van der Waals surface area contributed by atoms with Gasteiger partial charge in [0.05, 0.1) is 31.5 Å². The van der Waals surface area contributed by atoms with Crippen molar-refractivity contribution in [2.45, 2.75) is 57.7 Å². The molecule has 0 aliphatic heterocycles. The number of fused-ring (bicyclic) bond motifs is 2. The van der Waals surface area contributed by atoms with E-state index < -0.39 is 12.1 Å². The molecule has 13 heteroatoms. The molecule has 2 heterocycles. The third-order valence-corrected chi connectivity index (χ3v) is 7.90. The summed E-state index contributed by atoms with van der Waals surface area (Å²) < 4.78 is 37.1. The van der Waals surface area contributed by atoms with Gasteiger partial charge in [-0.15, -0.1) is 0 Å². The summed E-state index contributed by atoms with van der Waals surface area (Å²) in [6.45, 7) is 1.99. The molecule has 5 aromatic rings. The van der Waals surface area contributed by atoms with Crippen LogP contribution in [0.15, 0.2) is 66.9 Å². The third-order valence-electron chi connectivity index (χ3n) is 7.90. The Balaban J connectivity index is 0.000000671. The summed E-state index contributed by atoms with van der Waals surface area (Å²) >= 11 is 0. The molecule has 0 aliphatic rings. The van der Waals surface area contributed by atoms with Crippen molar-refractivity contribution in [2.75, 3.05) is 14.2 Å². The van der Waals surface area contributed by atoms with Crippen LogP contribution in [-0.2, 0) is 20.8 Å². The number of aryl methyl sites for hydroxylation is 1. The van der Waals surface area contributed by atoms with Crippen molar-refractivity contribution in [1.82, 2.24) is 25.6 Å². The van der Waals surface area contributed by atoms with Gasteiger partial charge in [-0.2, -0.15) is 13.2 Å². The summed E-state index contributed by atoms with van der Waals surface area (Å²) in [7, 11) is 3.30. The molecular weight excluding hydrogens is 627 g/mol. The number of rotatable bonds is 12. The lowest BCUT2D eigenvalue weighted by Crippen LogP contribution is -2.30. The second kappa shape index (κ2) is 16.0. The van der Waals surface area contributed by atoms with E-state index in [0.717, 1.165) is 69.6 Å². The Bertz CT molecular complexity index is 1880. The second-order valence-corrected chi connectivity index (χ2v) is 11.3. The molecule has 0 aliphatic carbocycles. The molecule has 2 amide bonds. The number of carboxylic acid groups (broad SMARTS) is 1. The first kappa shape index (κ1) is 35.5. The van der Waals surface area contributed by atoms with E-state index in [1.54, 1.807) is 14.2 Å². The molecule has 0 saturated carbocycles. The normalized spacial score (nSPS) is 11.9. The van der Waals surface area contributed by atoms with Gasteiger partial charge in [0.2, 0.25) is 11.8 Å². The van der Waals surface area contributed by atoms with Crippen LogP contribution in [0.2, 0.25) is 0 Å². The maximum absolute atomic E-state index is 13.4. The van der Waals surface area contributed by atoms with Crippen molar-refractivity contribution in [2.24, 2.45) is 0 Å². The first-order valence-corrected chi connectivity index (χ1v) is 15.4. The topological polar surface area (TPSA) is 149 Å². The lowest BCUT2D eigenvalue weighted by molar-refractivity contribution is -0.192. The highest BCUT2D eigenvalue weighted by Gasteiger charge is 2.38. The lowest BCUT2D eigenvalue weighted by Gasteiger charge is -2.17. The van der Waals surface area contributed by atoms with Gasteiger partial charge in [0.1, 0.15) is 11.6 Å². The second-order valence-electron chi connectivity index (χ2n) is 11.3. The number of ether oxygens (including phenoxy) is 1. The maximum atomic E-state index is 13.4. The number of methoxy groups -OCH3 is 1. The average molecular weight is 666 g/mol. The fourth-order valence-electron chi connectivity index (χ4n) is 5.35. The van der Waals surface area contributed by atoms with Gasteiger partial charge in [0.25, 0.3) is 0 Å². The van der Waals surface area contributed by atoms with Gasteiger partial charge >= 0.3 is 12.1 Å². The summed E-state index contributed by atoms with van der Waals surface area (Å²) in [5.74, 6) is -1.30. The standard InChI is InChI=1S/C33H37N5O3.C2HF3O2/c1-21-26(27-18-25(41-3)15-16-28(27)36-21)19-32(40)37-29(11-5-4-6-12-31(39)34-2)33-35-20-30(38-33)24-14-13-22-9-7-8-10-23(22)17-24;3-2(4,5)1(6)7/h7-10,13-18,20,29,36H,4-6,11-12,19H2,1-3H3,(H,34,39)(H,35,38)(H,37,40);(H,6,7)/t29-;/m0./s1. The molecule has 0 bridgehead atoms. The molecular formula is C35H38F3N5O5. The minimum atomic E-state index is -5.08. The van der Waals surface area contributed by atoms with Crippen LogP contribution in [0.25, 0.3) is 32.9 Å². The number of H-pyrrole nitrogens is 2. The number of aromatic nitrogens is 3. The van der Waals surface area contributed by atoms with Crippen molar-refractivity contribution in [3.05, 3.63) is 83.9 Å². The zero-order valence-corrected chi connectivity index (χ0v) is 26.8. The highest BCUT2D eigenvalue weighted by atomic mass is 19.4. The fraction of sp³-hybridized carbons (Fsp3) is 0.314. The van der Waals surface area contributed by atoms with Crippen LogP contribution in [0.1, 0.15) is 55.2 Å². The highest BCUT2D eigenvalue weighted by molar-refractivity contribution is 5.91. The SMILES string of the molecule is CNC(=O)CCCCC[C@H](NC(=O)Cc1c(C)[nH]c2ccc(OC)cc12)c1ncc(-c2ccc3ccccc3c2)[nH]1.O=C(O)C(F)(F)F. The highest BCUT2D eigenvalue weighted by Crippen LogP contribution is 2.28. The number of aromatic amines is 2. The van der Waals surface area contributed by atoms with Crippen LogP contribution in [0.5, 0.6) is 5.75 Å². The number of carboxylic acids is 1. The number of imidazole rings is 1. The van der Waals surface area contributed by atoms with Crippen LogP contribution in [-0.4, -0.2) is 58.2 Å². The van der Waals surface area contributed by atoms with Crippen molar-refractivity contribution in [3.63, 3.8) is 0 Å². The van der Waals surface area contributed by atoms with E-state index in [1.807, 2.05) is 43.5 Å². The zero-order valence-electron chi connectivity index (χ0n) is 26.8. The van der Waals surface area contributed by atoms with E-state index in [1.165, 1.54) is 5.39 Å². The van der Waals surface area contributed by atoms with Crippen LogP contribution in [0.3, 0.4) is 0 Å². The monoisotopic (exact) mass is 665 g/mol. The van der Waals surface area contributed by atoms with E-state index in [4.69, 9.17) is 19.6 Å². The predicted molar refractivity (Wildman–Crippen MR) is 177 cm³/mol. The van der Waals surface area contributed by atoms with Gasteiger partial charge in [-0.1, -0.05) is 49.2 Å². The van der Waals surface area contributed by atoms with Crippen molar-refractivity contribution < 1.29 is 37.4 Å². The molecule has 0 fully saturated rings. The van der Waals surface area contributed by atoms with E-state index in [-0.39, 0.29) is 24.3 Å². The number of nitrogens with one attached hydrogen (secondary N) is 4. The Morgan fingerprint density at radius 1 is 0.958 bits per heavy atom. The van der Waals surface area contributed by atoms with E-state index in [2.05, 4.69) is 50.9 Å². The summed E-state index contributed by atoms with van der Waals surface area (Å²) in [5, 5.41) is 16.4. The summed E-state index contributed by atoms with van der Waals surface area (Å²) in [6.07, 6.45) is 0.757. The number of hydrogen-bond donors (Lipinski definition) is 5. The molecule has 48 heavy (non-hydrogen) atoms. The Hall–Kier alpha value is -5.33. The molecule has 5 rings (SSSR count). The predicted octanol–water partition coefficient (Wildman–Crippen LogP) is 6.76. The lowest BCUT2D eigenvalue weighted by atomic mass is 10.0. The minimum Gasteiger partial charge on any atom is -0.497 e. The molecule has 254 valence electrons. The Morgan fingerprint density at radius 2 is 1.69 bits per heavy atom. The first-order valence-electron chi connectivity index (χ1n) is 15.4. The van der Waals surface area contributed by atoms with Crippen molar-refractivity contribution in [3.8, 4) is 17.0 Å². The van der Waals surface area contributed by atoms with Crippen LogP contribution >= 0.6 is 0 Å². The van der Waals surface area contributed by atoms with Crippen LogP contribution in [0, 0.1) is 6.92 Å². The summed E-state index contributed by atoms with van der Waals surface area (Å²) in [4.78, 5) is 45.5. The van der Waals surface area contributed by atoms with Gasteiger partial charge in [0.15, 0.2) is 0 Å². The van der Waals surface area contributed by atoms with E-state index >= 15 is 0 Å². The van der Waals surface area contributed by atoms with E-state index in [9.17, 15) is 22.8 Å². The summed E-state index contributed by atoms with van der Waals surface area (Å²) in [6, 6.07) is 20.2. The molecule has 5 N–H and O–H groups in total. The number of unbranched alkanes of at least 4 members (excludes halogenated alkanes) is 2. The van der Waals surface area contributed by atoms with Crippen LogP contribution in [0.4, 0.5) is 13.2 Å². The fourth-order valence-corrected chi connectivity index (χ4v) is 5.35. The average Bonchev–Trinajstić information content (AvgIpc) is 3.68. The molecule has 0 unspecified atom stereocenters. The maximum Gasteiger partial charge on any atom is 0.490 e. The van der Waals surface area contributed by atoms with Crippen LogP contribution < -0.4 is 15.4 Å². The Labute approximate surface area is 275 Å². The van der Waals surface area contributed by atoms with E-state index in [0.29, 0.717) is 12.8 Å². The van der Waals surface area contributed by atoms with Gasteiger partial charge in [-0.25, -0.2) is 9.78 Å². The molecule has 3 aromatic carbocycles. The zero-order chi connectivity index (χ0) is 34.8.